The monoisotopic (exact) mass is 293 g/mol. The molecule has 0 spiro atoms. The van der Waals surface area contributed by atoms with E-state index in [9.17, 15) is 4.79 Å². The molecule has 1 aliphatic heterocycles. The van der Waals surface area contributed by atoms with E-state index in [0.29, 0.717) is 12.1 Å². The number of thioether (sulfide) groups is 1. The number of carbonyl (C=O) groups excluding carboxylic acids is 1. The molecule has 5 heteroatoms. The molecule has 110 valence electrons. The molecule has 0 saturated carbocycles. The third-order valence-corrected chi connectivity index (χ3v) is 4.45. The van der Waals surface area contributed by atoms with Crippen LogP contribution >= 0.6 is 11.8 Å². The number of amides is 1. The molecule has 1 heterocycles. The predicted molar refractivity (Wildman–Crippen MR) is 86.8 cm³/mol. The highest BCUT2D eigenvalue weighted by molar-refractivity contribution is 7.99. The van der Waals surface area contributed by atoms with Crippen molar-refractivity contribution >= 4 is 23.4 Å². The Balaban J connectivity index is 1.85. The van der Waals surface area contributed by atoms with Gasteiger partial charge in [0.05, 0.1) is 5.56 Å². The van der Waals surface area contributed by atoms with Crippen LogP contribution in [-0.2, 0) is 0 Å². The molecule has 0 aromatic heterocycles. The van der Waals surface area contributed by atoms with Crippen LogP contribution in [0, 0.1) is 6.92 Å². The second kappa shape index (κ2) is 7.55. The highest BCUT2D eigenvalue weighted by Gasteiger charge is 2.12. The molecule has 0 radical (unpaired) electrons. The van der Waals surface area contributed by atoms with Crippen molar-refractivity contribution in [2.75, 3.05) is 50.0 Å². The molecule has 1 aromatic carbocycles. The van der Waals surface area contributed by atoms with Gasteiger partial charge in [-0.15, -0.1) is 0 Å². The molecule has 2 rings (SSSR count). The number of hydrogen-bond acceptors (Lipinski definition) is 4. The van der Waals surface area contributed by atoms with Crippen LogP contribution in [-0.4, -0.2) is 55.5 Å². The molecule has 1 aliphatic rings. The summed E-state index contributed by atoms with van der Waals surface area (Å²) in [4.78, 5) is 14.6. The molecule has 1 saturated heterocycles. The first kappa shape index (κ1) is 15.2. The maximum absolute atomic E-state index is 12.2. The molecule has 1 fully saturated rings. The Morgan fingerprint density at radius 3 is 2.80 bits per heavy atom. The van der Waals surface area contributed by atoms with Crippen LogP contribution in [0.15, 0.2) is 18.2 Å². The quantitative estimate of drug-likeness (QED) is 0.869. The maximum atomic E-state index is 12.2. The minimum Gasteiger partial charge on any atom is -0.387 e. The Morgan fingerprint density at radius 1 is 1.35 bits per heavy atom. The molecule has 4 nitrogen and oxygen atoms in total. The van der Waals surface area contributed by atoms with Crippen molar-refractivity contribution in [2.24, 2.45) is 0 Å². The van der Waals surface area contributed by atoms with Gasteiger partial charge < -0.3 is 10.6 Å². The van der Waals surface area contributed by atoms with E-state index in [1.165, 1.54) is 11.5 Å². The highest BCUT2D eigenvalue weighted by Crippen LogP contribution is 2.16. The zero-order valence-electron chi connectivity index (χ0n) is 12.2. The van der Waals surface area contributed by atoms with E-state index >= 15 is 0 Å². The van der Waals surface area contributed by atoms with E-state index in [0.717, 1.165) is 30.9 Å². The van der Waals surface area contributed by atoms with Gasteiger partial charge in [0.2, 0.25) is 0 Å². The number of benzene rings is 1. The Hall–Kier alpha value is -1.20. The van der Waals surface area contributed by atoms with E-state index in [1.807, 2.05) is 43.9 Å². The Labute approximate surface area is 125 Å². The second-order valence-corrected chi connectivity index (χ2v) is 6.23. The van der Waals surface area contributed by atoms with Gasteiger partial charge in [0, 0.05) is 50.4 Å². The lowest BCUT2D eigenvalue weighted by atomic mass is 10.1. The third kappa shape index (κ3) is 4.15. The van der Waals surface area contributed by atoms with E-state index in [1.54, 1.807) is 0 Å². The fraction of sp³-hybridized carbons (Fsp3) is 0.533. The molecule has 1 aromatic rings. The summed E-state index contributed by atoms with van der Waals surface area (Å²) in [5, 5.41) is 6.10. The summed E-state index contributed by atoms with van der Waals surface area (Å²) in [6.45, 7) is 5.93. The molecular formula is C15H23N3OS. The van der Waals surface area contributed by atoms with E-state index in [4.69, 9.17) is 0 Å². The summed E-state index contributed by atoms with van der Waals surface area (Å²) in [5.41, 5.74) is 2.75. The summed E-state index contributed by atoms with van der Waals surface area (Å²) in [6.07, 6.45) is 0. The number of aryl methyl sites for hydroxylation is 1. The Morgan fingerprint density at radius 2 is 2.10 bits per heavy atom. The van der Waals surface area contributed by atoms with Crippen molar-refractivity contribution in [1.29, 1.82) is 0 Å². The fourth-order valence-electron chi connectivity index (χ4n) is 2.31. The molecule has 0 unspecified atom stereocenters. The second-order valence-electron chi connectivity index (χ2n) is 5.01. The molecule has 0 bridgehead atoms. The number of nitrogens with one attached hydrogen (secondary N) is 2. The van der Waals surface area contributed by atoms with Crippen LogP contribution in [0.5, 0.6) is 0 Å². The van der Waals surface area contributed by atoms with Gasteiger partial charge in [0.15, 0.2) is 0 Å². The van der Waals surface area contributed by atoms with E-state index in [2.05, 4.69) is 15.5 Å². The standard InChI is InChI=1S/C15H23N3OS/c1-12-3-4-13(14(11-12)16-2)15(19)17-5-6-18-7-9-20-10-8-18/h3-4,11,16H,5-10H2,1-2H3,(H,17,19). The first-order valence-electron chi connectivity index (χ1n) is 7.07. The van der Waals surface area contributed by atoms with Gasteiger partial charge in [-0.3, -0.25) is 9.69 Å². The number of anilines is 1. The van der Waals surface area contributed by atoms with Crippen LogP contribution in [0.2, 0.25) is 0 Å². The van der Waals surface area contributed by atoms with Gasteiger partial charge in [-0.05, 0) is 24.6 Å². The predicted octanol–water partition coefficient (Wildman–Crippen LogP) is 1.82. The van der Waals surface area contributed by atoms with Gasteiger partial charge in [-0.25, -0.2) is 0 Å². The average molecular weight is 293 g/mol. The topological polar surface area (TPSA) is 44.4 Å². The lowest BCUT2D eigenvalue weighted by Crippen LogP contribution is -2.39. The number of rotatable bonds is 5. The molecule has 0 atom stereocenters. The largest absolute Gasteiger partial charge is 0.387 e. The maximum Gasteiger partial charge on any atom is 0.253 e. The van der Waals surface area contributed by atoms with E-state index in [-0.39, 0.29) is 5.91 Å². The minimum absolute atomic E-state index is 0.000680. The fourth-order valence-corrected chi connectivity index (χ4v) is 3.29. The van der Waals surface area contributed by atoms with E-state index < -0.39 is 0 Å². The molecular weight excluding hydrogens is 270 g/mol. The van der Waals surface area contributed by atoms with Crippen molar-refractivity contribution < 1.29 is 4.79 Å². The summed E-state index contributed by atoms with van der Waals surface area (Å²) >= 11 is 2.00. The Bertz CT molecular complexity index is 458. The zero-order chi connectivity index (χ0) is 14.4. The number of carbonyl (C=O) groups is 1. The summed E-state index contributed by atoms with van der Waals surface area (Å²) in [6, 6.07) is 5.85. The van der Waals surface area contributed by atoms with Gasteiger partial charge in [-0.2, -0.15) is 11.8 Å². The Kier molecular flexibility index (Phi) is 5.73. The minimum atomic E-state index is 0.000680. The molecule has 0 aliphatic carbocycles. The van der Waals surface area contributed by atoms with Crippen LogP contribution in [0.3, 0.4) is 0 Å². The normalized spacial score (nSPS) is 15.9. The zero-order valence-corrected chi connectivity index (χ0v) is 13.1. The average Bonchev–Trinajstić information content (AvgIpc) is 2.48. The number of hydrogen-bond donors (Lipinski definition) is 2. The van der Waals surface area contributed by atoms with Crippen molar-refractivity contribution in [3.05, 3.63) is 29.3 Å². The summed E-state index contributed by atoms with van der Waals surface area (Å²) < 4.78 is 0. The lowest BCUT2D eigenvalue weighted by molar-refractivity contribution is 0.0949. The smallest absolute Gasteiger partial charge is 0.253 e. The van der Waals surface area contributed by atoms with Gasteiger partial charge in [0.25, 0.3) is 5.91 Å². The summed E-state index contributed by atoms with van der Waals surface area (Å²) in [7, 11) is 1.84. The SMILES string of the molecule is CNc1cc(C)ccc1C(=O)NCCN1CCSCC1. The molecule has 1 amide bonds. The number of nitrogens with zero attached hydrogens (tertiary/aromatic N) is 1. The van der Waals surface area contributed by atoms with Gasteiger partial charge in [0.1, 0.15) is 0 Å². The molecule has 20 heavy (non-hydrogen) atoms. The van der Waals surface area contributed by atoms with Crippen LogP contribution in [0.4, 0.5) is 5.69 Å². The lowest BCUT2D eigenvalue weighted by Gasteiger charge is -2.26. The van der Waals surface area contributed by atoms with Crippen LogP contribution in [0.25, 0.3) is 0 Å². The van der Waals surface area contributed by atoms with Crippen molar-refractivity contribution in [3.8, 4) is 0 Å². The van der Waals surface area contributed by atoms with Gasteiger partial charge in [-0.1, -0.05) is 6.07 Å². The molecule has 2 N–H and O–H groups in total. The van der Waals surface area contributed by atoms with Crippen molar-refractivity contribution in [3.63, 3.8) is 0 Å². The third-order valence-electron chi connectivity index (χ3n) is 3.51. The highest BCUT2D eigenvalue weighted by atomic mass is 32.2. The van der Waals surface area contributed by atoms with Crippen LogP contribution < -0.4 is 10.6 Å². The summed E-state index contributed by atoms with van der Waals surface area (Å²) in [5.74, 6) is 2.41. The first-order chi connectivity index (χ1) is 9.70. The first-order valence-corrected chi connectivity index (χ1v) is 8.23. The van der Waals surface area contributed by atoms with Gasteiger partial charge >= 0.3 is 0 Å². The van der Waals surface area contributed by atoms with Crippen molar-refractivity contribution in [2.45, 2.75) is 6.92 Å². The van der Waals surface area contributed by atoms with Crippen LogP contribution in [0.1, 0.15) is 15.9 Å². The van der Waals surface area contributed by atoms with Crippen molar-refractivity contribution in [1.82, 2.24) is 10.2 Å².